The van der Waals surface area contributed by atoms with Crippen molar-refractivity contribution in [1.82, 2.24) is 4.90 Å². The van der Waals surface area contributed by atoms with Crippen LogP contribution in [0.5, 0.6) is 0 Å². The highest BCUT2D eigenvalue weighted by atomic mass is 32.1. The van der Waals surface area contributed by atoms with Gasteiger partial charge in [-0.1, -0.05) is 42.5 Å². The van der Waals surface area contributed by atoms with Gasteiger partial charge >= 0.3 is 12.1 Å². The number of nitrogens with one attached hydrogen (secondary N) is 1. The summed E-state index contributed by atoms with van der Waals surface area (Å²) in [5.74, 6) is -1.11. The lowest BCUT2D eigenvalue weighted by atomic mass is 10.0. The molecule has 0 spiro atoms. The quantitative estimate of drug-likeness (QED) is 0.437. The summed E-state index contributed by atoms with van der Waals surface area (Å²) in [6.45, 7) is 0.674. The third-order valence-corrected chi connectivity index (χ3v) is 6.68. The Morgan fingerprint density at radius 2 is 1.53 bits per heavy atom. The second kappa shape index (κ2) is 9.88. The van der Waals surface area contributed by atoms with E-state index in [0.29, 0.717) is 40.2 Å². The Balaban J connectivity index is 1.56. The van der Waals surface area contributed by atoms with E-state index in [2.05, 4.69) is 5.32 Å². The maximum absolute atomic E-state index is 12.9. The largest absolute Gasteiger partial charge is 0.465 e. The average Bonchev–Trinajstić information content (AvgIpc) is 3.24. The summed E-state index contributed by atoms with van der Waals surface area (Å²) in [6.07, 6.45) is -0.00764. The first-order chi connectivity index (χ1) is 16.4. The zero-order chi connectivity index (χ0) is 24.2. The first kappa shape index (κ1) is 23.2. The third-order valence-electron chi connectivity index (χ3n) is 5.55. The minimum atomic E-state index is -0.553. The number of anilines is 1. The molecule has 0 radical (unpaired) electrons. The Bertz CT molecular complexity index is 1250. The van der Waals surface area contributed by atoms with E-state index < -0.39 is 18.0 Å². The van der Waals surface area contributed by atoms with Crippen LogP contribution in [0, 0.1) is 0 Å². The van der Waals surface area contributed by atoms with E-state index >= 15 is 0 Å². The summed E-state index contributed by atoms with van der Waals surface area (Å²) in [7, 11) is 2.60. The van der Waals surface area contributed by atoms with Gasteiger partial charge in [0.25, 0.3) is 5.91 Å². The molecule has 174 valence electrons. The topological polar surface area (TPSA) is 102 Å². The van der Waals surface area contributed by atoms with E-state index in [1.54, 1.807) is 48.5 Å². The van der Waals surface area contributed by atoms with E-state index in [-0.39, 0.29) is 12.3 Å². The summed E-state index contributed by atoms with van der Waals surface area (Å²) in [5, 5.41) is 3.16. The second-order valence-corrected chi connectivity index (χ2v) is 8.67. The molecule has 1 N–H and O–H groups in total. The van der Waals surface area contributed by atoms with E-state index in [0.717, 1.165) is 10.4 Å². The van der Waals surface area contributed by atoms with Crippen LogP contribution in [0.2, 0.25) is 0 Å². The van der Waals surface area contributed by atoms with Crippen LogP contribution < -0.4 is 5.32 Å². The molecule has 0 bridgehead atoms. The maximum atomic E-state index is 12.9. The van der Waals surface area contributed by atoms with Crippen molar-refractivity contribution in [3.05, 3.63) is 87.3 Å². The van der Waals surface area contributed by atoms with Gasteiger partial charge in [-0.15, -0.1) is 11.3 Å². The third kappa shape index (κ3) is 4.55. The molecule has 0 saturated heterocycles. The molecule has 2 heterocycles. The highest BCUT2D eigenvalue weighted by Crippen LogP contribution is 2.38. The molecule has 1 aromatic heterocycles. The molecule has 8 nitrogen and oxygen atoms in total. The van der Waals surface area contributed by atoms with Crippen molar-refractivity contribution in [2.24, 2.45) is 0 Å². The van der Waals surface area contributed by atoms with Crippen LogP contribution in [0.25, 0.3) is 0 Å². The number of esters is 1. The number of nitrogens with zero attached hydrogens (tertiary/aromatic N) is 1. The molecular formula is C25H22N2O6S. The van der Waals surface area contributed by atoms with Crippen molar-refractivity contribution in [3.63, 3.8) is 0 Å². The highest BCUT2D eigenvalue weighted by molar-refractivity contribution is 7.17. The van der Waals surface area contributed by atoms with Gasteiger partial charge in [0, 0.05) is 28.1 Å². The standard InChI is InChI=1S/C25H22N2O6S/c1-32-24(30)20-18-12-13-27(25(31)33-2)14-19(18)34-23(20)26-22(29)17-10-8-16(9-11-17)21(28)15-6-4-3-5-7-15/h3-11H,12-14H2,1-2H3,(H,26,29). The Morgan fingerprint density at radius 3 is 2.18 bits per heavy atom. The van der Waals surface area contributed by atoms with Crippen molar-refractivity contribution < 1.29 is 28.7 Å². The number of ether oxygens (including phenoxy) is 2. The number of carbonyl (C=O) groups excluding carboxylic acids is 4. The fourth-order valence-electron chi connectivity index (χ4n) is 3.80. The SMILES string of the molecule is COC(=O)c1c(NC(=O)c2ccc(C(=O)c3ccccc3)cc2)sc2c1CCN(C(=O)OC)C2. The lowest BCUT2D eigenvalue weighted by molar-refractivity contribution is 0.0600. The molecule has 0 aliphatic carbocycles. The minimum Gasteiger partial charge on any atom is -0.465 e. The fourth-order valence-corrected chi connectivity index (χ4v) is 5.05. The molecule has 1 aliphatic heterocycles. The first-order valence-corrected chi connectivity index (χ1v) is 11.3. The number of benzene rings is 2. The van der Waals surface area contributed by atoms with Crippen molar-refractivity contribution in [2.45, 2.75) is 13.0 Å². The molecule has 0 atom stereocenters. The van der Waals surface area contributed by atoms with E-state index in [4.69, 9.17) is 9.47 Å². The average molecular weight is 479 g/mol. The number of hydrogen-bond acceptors (Lipinski definition) is 7. The normalized spacial score (nSPS) is 12.5. The van der Waals surface area contributed by atoms with Crippen molar-refractivity contribution in [1.29, 1.82) is 0 Å². The predicted octanol–water partition coefficient (Wildman–Crippen LogP) is 4.14. The number of hydrogen-bond donors (Lipinski definition) is 1. The number of carbonyl (C=O) groups is 4. The molecule has 0 saturated carbocycles. The summed E-state index contributed by atoms with van der Waals surface area (Å²) in [6, 6.07) is 15.2. The molecule has 34 heavy (non-hydrogen) atoms. The molecule has 0 fully saturated rings. The maximum Gasteiger partial charge on any atom is 0.409 e. The molecule has 0 unspecified atom stereocenters. The predicted molar refractivity (Wildman–Crippen MR) is 126 cm³/mol. The van der Waals surface area contributed by atoms with Gasteiger partial charge in [0.1, 0.15) is 5.00 Å². The highest BCUT2D eigenvalue weighted by Gasteiger charge is 2.31. The van der Waals surface area contributed by atoms with Gasteiger partial charge in [-0.2, -0.15) is 0 Å². The smallest absolute Gasteiger partial charge is 0.409 e. The van der Waals surface area contributed by atoms with Gasteiger partial charge in [-0.3, -0.25) is 9.59 Å². The summed E-state index contributed by atoms with van der Waals surface area (Å²) in [5.41, 5.74) is 2.43. The second-order valence-electron chi connectivity index (χ2n) is 7.57. The van der Waals surface area contributed by atoms with Crippen LogP contribution in [0.15, 0.2) is 54.6 Å². The van der Waals surface area contributed by atoms with E-state index in [1.807, 2.05) is 6.07 Å². The van der Waals surface area contributed by atoms with Crippen LogP contribution in [-0.4, -0.2) is 49.4 Å². The van der Waals surface area contributed by atoms with Crippen molar-refractivity contribution in [3.8, 4) is 0 Å². The van der Waals surface area contributed by atoms with Gasteiger partial charge in [0.15, 0.2) is 5.78 Å². The zero-order valence-electron chi connectivity index (χ0n) is 18.6. The molecule has 2 aromatic carbocycles. The lowest BCUT2D eigenvalue weighted by Gasteiger charge is -2.25. The van der Waals surface area contributed by atoms with Crippen molar-refractivity contribution >= 4 is 40.1 Å². The van der Waals surface area contributed by atoms with Gasteiger partial charge < -0.3 is 19.7 Å². The molecular weight excluding hydrogens is 456 g/mol. The molecule has 2 amide bonds. The van der Waals surface area contributed by atoms with Gasteiger partial charge in [0.2, 0.25) is 0 Å². The van der Waals surface area contributed by atoms with E-state index in [1.165, 1.54) is 30.5 Å². The number of methoxy groups -OCH3 is 2. The first-order valence-electron chi connectivity index (χ1n) is 10.5. The van der Waals surface area contributed by atoms with E-state index in [9.17, 15) is 19.2 Å². The minimum absolute atomic E-state index is 0.137. The van der Waals surface area contributed by atoms with Crippen LogP contribution in [-0.2, 0) is 22.4 Å². The fraction of sp³-hybridized carbons (Fsp3) is 0.200. The van der Waals surface area contributed by atoms with Crippen LogP contribution in [0.3, 0.4) is 0 Å². The number of thiophene rings is 1. The Kier molecular flexibility index (Phi) is 6.74. The molecule has 1 aliphatic rings. The van der Waals surface area contributed by atoms with Crippen LogP contribution >= 0.6 is 11.3 Å². The summed E-state index contributed by atoms with van der Waals surface area (Å²) >= 11 is 1.23. The van der Waals surface area contributed by atoms with Gasteiger partial charge in [-0.05, 0) is 24.1 Å². The molecule has 9 heteroatoms. The summed E-state index contributed by atoms with van der Waals surface area (Å²) in [4.78, 5) is 52.3. The van der Waals surface area contributed by atoms with Crippen molar-refractivity contribution in [2.75, 3.05) is 26.1 Å². The van der Waals surface area contributed by atoms with Gasteiger partial charge in [0.05, 0.1) is 26.3 Å². The number of rotatable bonds is 5. The van der Waals surface area contributed by atoms with Gasteiger partial charge in [-0.25, -0.2) is 9.59 Å². The summed E-state index contributed by atoms with van der Waals surface area (Å²) < 4.78 is 9.74. The Morgan fingerprint density at radius 1 is 0.882 bits per heavy atom. The lowest BCUT2D eigenvalue weighted by Crippen LogP contribution is -2.35. The zero-order valence-corrected chi connectivity index (χ0v) is 19.4. The molecule has 4 rings (SSSR count). The number of ketones is 1. The van der Waals surface area contributed by atoms with Crippen LogP contribution in [0.1, 0.15) is 47.1 Å². The number of amides is 2. The Labute approximate surface area is 200 Å². The van der Waals surface area contributed by atoms with Crippen LogP contribution in [0.4, 0.5) is 9.80 Å². The number of fused-ring (bicyclic) bond motifs is 1. The molecule has 3 aromatic rings. The monoisotopic (exact) mass is 478 g/mol. The Hall–Kier alpha value is -3.98.